The number of aryl methyl sites for hydroxylation is 1. The molecule has 4 nitrogen and oxygen atoms in total. The first kappa shape index (κ1) is 12.8. The van der Waals surface area contributed by atoms with Gasteiger partial charge in [-0.05, 0) is 18.6 Å². The van der Waals surface area contributed by atoms with Gasteiger partial charge in [0.05, 0.1) is 17.7 Å². The first-order chi connectivity index (χ1) is 9.35. The van der Waals surface area contributed by atoms with E-state index >= 15 is 0 Å². The highest BCUT2D eigenvalue weighted by Gasteiger charge is 2.19. The topological polar surface area (TPSA) is 52.7 Å². The van der Waals surface area contributed by atoms with Crippen molar-refractivity contribution in [3.63, 3.8) is 0 Å². The smallest absolute Gasteiger partial charge is 0.0925 e. The molecule has 19 heavy (non-hydrogen) atoms. The summed E-state index contributed by atoms with van der Waals surface area (Å²) in [6.45, 7) is 5.07. The summed E-state index contributed by atoms with van der Waals surface area (Å²) in [7, 11) is 0. The molecule has 3 N–H and O–H groups in total. The van der Waals surface area contributed by atoms with Crippen molar-refractivity contribution in [2.75, 3.05) is 6.54 Å². The van der Waals surface area contributed by atoms with Gasteiger partial charge in [0.15, 0.2) is 0 Å². The van der Waals surface area contributed by atoms with Crippen LogP contribution in [0.5, 0.6) is 0 Å². The number of imidazole rings is 1. The number of hydrogen-bond donors (Lipinski definition) is 3. The molecule has 1 aliphatic rings. The number of rotatable bonds is 5. The second-order valence-corrected chi connectivity index (χ2v) is 6.22. The van der Waals surface area contributed by atoms with Gasteiger partial charge in [0.2, 0.25) is 0 Å². The number of nitrogens with zero attached hydrogens (tertiary/aromatic N) is 1. The lowest BCUT2D eigenvalue weighted by atomic mass is 10.1. The fourth-order valence-corrected chi connectivity index (χ4v) is 3.38. The summed E-state index contributed by atoms with van der Waals surface area (Å²) >= 11 is 1.91. The minimum atomic E-state index is 0.487. The number of aromatic amines is 1. The van der Waals surface area contributed by atoms with Gasteiger partial charge in [-0.1, -0.05) is 6.92 Å². The second-order valence-electron chi connectivity index (χ2n) is 4.96. The quantitative estimate of drug-likeness (QED) is 0.781. The van der Waals surface area contributed by atoms with Gasteiger partial charge in [0.25, 0.3) is 0 Å². The van der Waals surface area contributed by atoms with Gasteiger partial charge in [-0.2, -0.15) is 0 Å². The van der Waals surface area contributed by atoms with Crippen LogP contribution in [0, 0.1) is 0 Å². The highest BCUT2D eigenvalue weighted by Crippen LogP contribution is 2.16. The molecule has 0 radical (unpaired) electrons. The Labute approximate surface area is 117 Å². The largest absolute Gasteiger partial charge is 0.347 e. The molecule has 0 saturated carbocycles. The molecule has 0 saturated heterocycles. The van der Waals surface area contributed by atoms with Crippen molar-refractivity contribution in [2.24, 2.45) is 0 Å². The van der Waals surface area contributed by atoms with Crippen LogP contribution in [-0.4, -0.2) is 22.6 Å². The molecule has 2 aromatic heterocycles. The van der Waals surface area contributed by atoms with Crippen LogP contribution in [0.25, 0.3) is 0 Å². The molecule has 1 atom stereocenters. The van der Waals surface area contributed by atoms with Gasteiger partial charge in [0.1, 0.15) is 0 Å². The van der Waals surface area contributed by atoms with E-state index < -0.39 is 0 Å². The van der Waals surface area contributed by atoms with Crippen LogP contribution in [-0.2, 0) is 25.9 Å². The van der Waals surface area contributed by atoms with E-state index in [1.807, 2.05) is 11.3 Å². The summed E-state index contributed by atoms with van der Waals surface area (Å²) in [5.41, 5.74) is 2.46. The summed E-state index contributed by atoms with van der Waals surface area (Å²) in [6.07, 6.45) is 3.94. The highest BCUT2D eigenvalue weighted by atomic mass is 32.1. The standard InChI is InChI=1S/C14H20N4S/c1-2-11-3-4-12(19-11)7-15-6-10-5-13-14(8-16-10)18-9-17-13/h3-4,9-10,15-16H,2,5-8H2,1H3,(H,17,18). The van der Waals surface area contributed by atoms with Crippen molar-refractivity contribution in [1.82, 2.24) is 20.6 Å². The average molecular weight is 276 g/mol. The number of thiophene rings is 1. The fourth-order valence-electron chi connectivity index (χ4n) is 2.45. The van der Waals surface area contributed by atoms with Crippen LogP contribution in [0.1, 0.15) is 28.1 Å². The molecular weight excluding hydrogens is 256 g/mol. The Morgan fingerprint density at radius 2 is 2.32 bits per heavy atom. The molecule has 0 aliphatic carbocycles. The zero-order valence-electron chi connectivity index (χ0n) is 11.2. The van der Waals surface area contributed by atoms with Gasteiger partial charge in [0, 0.05) is 41.9 Å². The molecular formula is C14H20N4S. The zero-order valence-corrected chi connectivity index (χ0v) is 12.0. The minimum Gasteiger partial charge on any atom is -0.347 e. The van der Waals surface area contributed by atoms with E-state index in [0.29, 0.717) is 6.04 Å². The van der Waals surface area contributed by atoms with Gasteiger partial charge in [-0.25, -0.2) is 4.98 Å². The molecule has 3 rings (SSSR count). The molecule has 3 heterocycles. The van der Waals surface area contributed by atoms with Gasteiger partial charge in [-0.3, -0.25) is 0 Å². The van der Waals surface area contributed by atoms with Crippen molar-refractivity contribution in [3.8, 4) is 0 Å². The number of hydrogen-bond acceptors (Lipinski definition) is 4. The van der Waals surface area contributed by atoms with Crippen LogP contribution in [0.2, 0.25) is 0 Å². The summed E-state index contributed by atoms with van der Waals surface area (Å²) in [5.74, 6) is 0. The molecule has 0 fully saturated rings. The van der Waals surface area contributed by atoms with Crippen LogP contribution in [0.3, 0.4) is 0 Å². The number of nitrogens with one attached hydrogen (secondary N) is 3. The maximum Gasteiger partial charge on any atom is 0.0925 e. The Kier molecular flexibility index (Phi) is 3.96. The zero-order chi connectivity index (χ0) is 13.1. The lowest BCUT2D eigenvalue weighted by Crippen LogP contribution is -2.42. The fraction of sp³-hybridized carbons (Fsp3) is 0.500. The van der Waals surface area contributed by atoms with Gasteiger partial charge in [-0.15, -0.1) is 11.3 Å². The Morgan fingerprint density at radius 1 is 1.42 bits per heavy atom. The summed E-state index contributed by atoms with van der Waals surface area (Å²) in [6, 6.07) is 4.95. The third-order valence-electron chi connectivity index (χ3n) is 3.57. The molecule has 5 heteroatoms. The Balaban J connectivity index is 1.46. The summed E-state index contributed by atoms with van der Waals surface area (Å²) in [5, 5.41) is 7.08. The van der Waals surface area contributed by atoms with Gasteiger partial charge >= 0.3 is 0 Å². The maximum absolute atomic E-state index is 4.37. The predicted molar refractivity (Wildman–Crippen MR) is 78.3 cm³/mol. The lowest BCUT2D eigenvalue weighted by molar-refractivity contribution is 0.441. The SMILES string of the molecule is CCc1ccc(CNCC2Cc3nc[nH]c3CN2)s1. The van der Waals surface area contributed by atoms with Crippen LogP contribution >= 0.6 is 11.3 Å². The number of fused-ring (bicyclic) bond motifs is 1. The van der Waals surface area contributed by atoms with E-state index in [0.717, 1.165) is 32.5 Å². The number of H-pyrrole nitrogens is 1. The van der Waals surface area contributed by atoms with Crippen molar-refractivity contribution in [1.29, 1.82) is 0 Å². The molecule has 102 valence electrons. The average Bonchev–Trinajstić information content (AvgIpc) is 3.06. The molecule has 0 bridgehead atoms. The summed E-state index contributed by atoms with van der Waals surface area (Å²) in [4.78, 5) is 10.4. The normalized spacial score (nSPS) is 18.5. The Bertz CT molecular complexity index is 531. The van der Waals surface area contributed by atoms with Gasteiger partial charge < -0.3 is 15.6 Å². The molecule has 2 aromatic rings. The van der Waals surface area contributed by atoms with Crippen LogP contribution in [0.15, 0.2) is 18.5 Å². The van der Waals surface area contributed by atoms with Crippen LogP contribution < -0.4 is 10.6 Å². The van der Waals surface area contributed by atoms with E-state index in [9.17, 15) is 0 Å². The first-order valence-corrected chi connectivity index (χ1v) is 7.69. The molecule has 0 spiro atoms. The van der Waals surface area contributed by atoms with Crippen molar-refractivity contribution in [2.45, 2.75) is 38.9 Å². The molecule has 0 amide bonds. The van der Waals surface area contributed by atoms with E-state index in [1.54, 1.807) is 6.33 Å². The highest BCUT2D eigenvalue weighted by molar-refractivity contribution is 7.11. The maximum atomic E-state index is 4.37. The molecule has 0 aromatic carbocycles. The molecule has 1 aliphatic heterocycles. The van der Waals surface area contributed by atoms with E-state index in [1.165, 1.54) is 21.1 Å². The van der Waals surface area contributed by atoms with E-state index in [4.69, 9.17) is 0 Å². The number of aromatic nitrogens is 2. The minimum absolute atomic E-state index is 0.487. The van der Waals surface area contributed by atoms with E-state index in [-0.39, 0.29) is 0 Å². The van der Waals surface area contributed by atoms with Crippen molar-refractivity contribution >= 4 is 11.3 Å². The monoisotopic (exact) mass is 276 g/mol. The van der Waals surface area contributed by atoms with Crippen molar-refractivity contribution in [3.05, 3.63) is 39.6 Å². The third kappa shape index (κ3) is 3.05. The Hall–Kier alpha value is -1.17. The predicted octanol–water partition coefficient (Wildman–Crippen LogP) is 1.84. The lowest BCUT2D eigenvalue weighted by Gasteiger charge is -2.23. The second kappa shape index (κ2) is 5.86. The third-order valence-corrected chi connectivity index (χ3v) is 4.80. The Morgan fingerprint density at radius 3 is 3.16 bits per heavy atom. The first-order valence-electron chi connectivity index (χ1n) is 6.88. The van der Waals surface area contributed by atoms with Crippen molar-refractivity contribution < 1.29 is 0 Å². The van der Waals surface area contributed by atoms with Crippen LogP contribution in [0.4, 0.5) is 0 Å². The summed E-state index contributed by atoms with van der Waals surface area (Å²) < 4.78 is 0. The van der Waals surface area contributed by atoms with E-state index in [2.05, 4.69) is 39.7 Å². The molecule has 1 unspecified atom stereocenters.